The van der Waals surface area contributed by atoms with Crippen LogP contribution in [0.2, 0.25) is 0 Å². The molecule has 0 saturated heterocycles. The summed E-state index contributed by atoms with van der Waals surface area (Å²) >= 11 is 0. The van der Waals surface area contributed by atoms with Crippen LogP contribution in [0.25, 0.3) is 10.9 Å². The van der Waals surface area contributed by atoms with Gasteiger partial charge in [-0.05, 0) is 23.8 Å². The quantitative estimate of drug-likeness (QED) is 0.471. The highest BCUT2D eigenvalue weighted by molar-refractivity contribution is 7.89. The van der Waals surface area contributed by atoms with Crippen molar-refractivity contribution in [1.29, 1.82) is 0 Å². The van der Waals surface area contributed by atoms with E-state index in [2.05, 4.69) is 10.3 Å². The molecule has 2 amide bonds. The number of hydrogen-bond donors (Lipinski definition) is 3. The number of pyridine rings is 1. The summed E-state index contributed by atoms with van der Waals surface area (Å²) in [5, 5.41) is 2.77. The standard InChI is InChI=1S/C22H24N4O5S/c1-3-26(4-2)32(30,31)15-10-11-18-16(12-15)17(13-19(27)24-18)22(29)25-20(21(23)28)14-8-6-5-7-9-14/h5-13,20H,3-4H2,1-2H3,(H2,23,28)(H,24,27)(H,25,29). The molecular formula is C22H24N4O5S. The lowest BCUT2D eigenvalue weighted by atomic mass is 10.0. The lowest BCUT2D eigenvalue weighted by Crippen LogP contribution is -2.38. The lowest BCUT2D eigenvalue weighted by molar-refractivity contribution is -0.120. The number of nitrogens with zero attached hydrogens (tertiary/aromatic N) is 1. The second kappa shape index (κ2) is 9.33. The van der Waals surface area contributed by atoms with Crippen LogP contribution in [0.4, 0.5) is 0 Å². The molecule has 32 heavy (non-hydrogen) atoms. The average Bonchev–Trinajstić information content (AvgIpc) is 2.77. The van der Waals surface area contributed by atoms with Gasteiger partial charge in [-0.25, -0.2) is 8.42 Å². The Kier molecular flexibility index (Phi) is 6.75. The van der Waals surface area contributed by atoms with E-state index < -0.39 is 33.4 Å². The van der Waals surface area contributed by atoms with Crippen LogP contribution in [-0.2, 0) is 14.8 Å². The van der Waals surface area contributed by atoms with Gasteiger partial charge >= 0.3 is 0 Å². The summed E-state index contributed by atoms with van der Waals surface area (Å²) in [6.07, 6.45) is 0. The maximum absolute atomic E-state index is 13.1. The zero-order valence-electron chi connectivity index (χ0n) is 17.7. The second-order valence-corrected chi connectivity index (χ2v) is 9.00. The van der Waals surface area contributed by atoms with Gasteiger partial charge in [-0.1, -0.05) is 44.2 Å². The highest BCUT2D eigenvalue weighted by Gasteiger charge is 2.25. The maximum atomic E-state index is 13.1. The number of carbonyl (C=O) groups excluding carboxylic acids is 2. The van der Waals surface area contributed by atoms with Gasteiger partial charge in [0.25, 0.3) is 5.91 Å². The number of nitrogens with one attached hydrogen (secondary N) is 2. The van der Waals surface area contributed by atoms with Gasteiger partial charge in [0.05, 0.1) is 10.5 Å². The Balaban J connectivity index is 2.10. The topological polar surface area (TPSA) is 142 Å². The molecule has 1 aromatic heterocycles. The van der Waals surface area contributed by atoms with Gasteiger partial charge in [-0.2, -0.15) is 4.31 Å². The molecule has 0 aliphatic rings. The molecule has 1 atom stereocenters. The van der Waals surface area contributed by atoms with Crippen molar-refractivity contribution >= 4 is 32.7 Å². The van der Waals surface area contributed by atoms with E-state index in [1.54, 1.807) is 44.2 Å². The summed E-state index contributed by atoms with van der Waals surface area (Å²) in [7, 11) is -3.79. The van der Waals surface area contributed by atoms with Gasteiger partial charge < -0.3 is 16.0 Å². The third-order valence-electron chi connectivity index (χ3n) is 5.10. The van der Waals surface area contributed by atoms with Crippen molar-refractivity contribution in [3.63, 3.8) is 0 Å². The van der Waals surface area contributed by atoms with Crippen LogP contribution in [0.1, 0.15) is 35.8 Å². The van der Waals surface area contributed by atoms with Crippen molar-refractivity contribution in [1.82, 2.24) is 14.6 Å². The Morgan fingerprint density at radius 3 is 2.31 bits per heavy atom. The van der Waals surface area contributed by atoms with Crippen molar-refractivity contribution in [3.8, 4) is 0 Å². The fourth-order valence-corrected chi connectivity index (χ4v) is 4.95. The minimum atomic E-state index is -3.79. The molecule has 0 aliphatic heterocycles. The summed E-state index contributed by atoms with van der Waals surface area (Å²) in [5.41, 5.74) is 5.63. The third kappa shape index (κ3) is 4.56. The SMILES string of the molecule is CCN(CC)S(=O)(=O)c1ccc2[nH]c(=O)cc(C(=O)NC(C(N)=O)c3ccccc3)c2c1. The first-order chi connectivity index (χ1) is 15.2. The Morgan fingerprint density at radius 2 is 1.72 bits per heavy atom. The van der Waals surface area contributed by atoms with Crippen LogP contribution in [-0.4, -0.2) is 42.6 Å². The molecule has 3 rings (SSSR count). The number of benzene rings is 2. The molecule has 1 unspecified atom stereocenters. The van der Waals surface area contributed by atoms with E-state index in [1.807, 2.05) is 0 Å². The normalized spacial score (nSPS) is 12.6. The van der Waals surface area contributed by atoms with Crippen molar-refractivity contribution in [2.75, 3.05) is 13.1 Å². The maximum Gasteiger partial charge on any atom is 0.253 e. The summed E-state index contributed by atoms with van der Waals surface area (Å²) in [6, 6.07) is 12.5. The zero-order chi connectivity index (χ0) is 23.5. The molecule has 0 bridgehead atoms. The smallest absolute Gasteiger partial charge is 0.253 e. The monoisotopic (exact) mass is 456 g/mol. The minimum Gasteiger partial charge on any atom is -0.368 e. The first kappa shape index (κ1) is 23.2. The number of fused-ring (bicyclic) bond motifs is 1. The van der Waals surface area contributed by atoms with Crippen LogP contribution in [0.15, 0.2) is 64.3 Å². The predicted molar refractivity (Wildman–Crippen MR) is 121 cm³/mol. The number of H-pyrrole nitrogens is 1. The predicted octanol–water partition coefficient (Wildman–Crippen LogP) is 1.52. The van der Waals surface area contributed by atoms with Gasteiger partial charge in [0.15, 0.2) is 0 Å². The molecular weight excluding hydrogens is 432 g/mol. The molecule has 0 fully saturated rings. The van der Waals surface area contributed by atoms with Gasteiger partial charge in [-0.3, -0.25) is 14.4 Å². The zero-order valence-corrected chi connectivity index (χ0v) is 18.5. The molecule has 4 N–H and O–H groups in total. The number of amides is 2. The number of rotatable bonds is 8. The van der Waals surface area contributed by atoms with Crippen LogP contribution in [0.3, 0.4) is 0 Å². The Bertz CT molecular complexity index is 1320. The van der Waals surface area contributed by atoms with Crippen molar-refractivity contribution < 1.29 is 18.0 Å². The highest BCUT2D eigenvalue weighted by atomic mass is 32.2. The number of primary amides is 1. The van der Waals surface area contributed by atoms with Crippen LogP contribution < -0.4 is 16.6 Å². The first-order valence-corrected chi connectivity index (χ1v) is 11.4. The van der Waals surface area contributed by atoms with E-state index in [4.69, 9.17) is 5.73 Å². The molecule has 0 aliphatic carbocycles. The molecule has 0 spiro atoms. The van der Waals surface area contributed by atoms with Crippen molar-refractivity contribution in [2.45, 2.75) is 24.8 Å². The molecule has 0 saturated carbocycles. The largest absolute Gasteiger partial charge is 0.368 e. The van der Waals surface area contributed by atoms with Gasteiger partial charge in [-0.15, -0.1) is 0 Å². The Hall–Kier alpha value is -3.50. The Labute approximate surface area is 185 Å². The van der Waals surface area contributed by atoms with Crippen LogP contribution >= 0.6 is 0 Å². The summed E-state index contributed by atoms with van der Waals surface area (Å²) < 4.78 is 27.2. The van der Waals surface area contributed by atoms with E-state index in [9.17, 15) is 22.8 Å². The van der Waals surface area contributed by atoms with Gasteiger partial charge in [0.2, 0.25) is 21.5 Å². The summed E-state index contributed by atoms with van der Waals surface area (Å²) in [4.78, 5) is 39.8. The summed E-state index contributed by atoms with van der Waals surface area (Å²) in [5.74, 6) is -1.50. The van der Waals surface area contributed by atoms with E-state index in [1.165, 1.54) is 22.5 Å². The van der Waals surface area contributed by atoms with E-state index >= 15 is 0 Å². The second-order valence-electron chi connectivity index (χ2n) is 7.06. The molecule has 0 radical (unpaired) electrons. The number of aromatic amines is 1. The average molecular weight is 457 g/mol. The molecule has 9 nitrogen and oxygen atoms in total. The van der Waals surface area contributed by atoms with Crippen LogP contribution in [0.5, 0.6) is 0 Å². The summed E-state index contributed by atoms with van der Waals surface area (Å²) in [6.45, 7) is 4.03. The van der Waals surface area contributed by atoms with Crippen LogP contribution in [0, 0.1) is 0 Å². The first-order valence-electron chi connectivity index (χ1n) is 10.0. The molecule has 10 heteroatoms. The van der Waals surface area contributed by atoms with E-state index in [0.29, 0.717) is 5.56 Å². The van der Waals surface area contributed by atoms with Crippen molar-refractivity contribution in [2.24, 2.45) is 5.73 Å². The number of carbonyl (C=O) groups is 2. The third-order valence-corrected chi connectivity index (χ3v) is 7.14. The molecule has 1 heterocycles. The lowest BCUT2D eigenvalue weighted by Gasteiger charge is -2.19. The minimum absolute atomic E-state index is 0.00990. The van der Waals surface area contributed by atoms with Crippen molar-refractivity contribution in [3.05, 3.63) is 76.1 Å². The molecule has 3 aromatic rings. The van der Waals surface area contributed by atoms with E-state index in [0.717, 1.165) is 6.07 Å². The van der Waals surface area contributed by atoms with Gasteiger partial charge in [0.1, 0.15) is 6.04 Å². The number of nitrogens with two attached hydrogens (primary N) is 1. The number of sulfonamides is 1. The van der Waals surface area contributed by atoms with Gasteiger partial charge in [0, 0.05) is 30.1 Å². The fraction of sp³-hybridized carbons (Fsp3) is 0.227. The number of aromatic nitrogens is 1. The molecule has 168 valence electrons. The highest BCUT2D eigenvalue weighted by Crippen LogP contribution is 2.23. The molecule has 2 aromatic carbocycles. The fourth-order valence-electron chi connectivity index (χ4n) is 3.47. The van der Waals surface area contributed by atoms with E-state index in [-0.39, 0.29) is 34.5 Å². The number of hydrogen-bond acceptors (Lipinski definition) is 5. The Morgan fingerprint density at radius 1 is 1.06 bits per heavy atom.